The maximum absolute atomic E-state index is 12.2. The SMILES string of the molecule is C[C@]12CC[C@H](NS(C)(=O)=O)C[C@H]1CC[C@@H]1[C@@H]2C[C@@H](O)[C@]2(C)[C@@H](C3=CC(=O)OC3)CC[C@]12O. The fourth-order valence-electron chi connectivity index (χ4n) is 8.80. The Labute approximate surface area is 191 Å². The number of aliphatic hydroxyl groups is 2. The van der Waals surface area contributed by atoms with E-state index in [1.165, 1.54) is 6.26 Å². The van der Waals surface area contributed by atoms with Crippen molar-refractivity contribution in [3.63, 3.8) is 0 Å². The molecule has 4 saturated carbocycles. The van der Waals surface area contributed by atoms with Crippen molar-refractivity contribution in [3.05, 3.63) is 11.6 Å². The molecule has 4 aliphatic carbocycles. The van der Waals surface area contributed by atoms with Gasteiger partial charge in [-0.2, -0.15) is 0 Å². The van der Waals surface area contributed by atoms with Gasteiger partial charge in [0.2, 0.25) is 10.0 Å². The molecule has 0 aromatic heterocycles. The topological polar surface area (TPSA) is 113 Å². The predicted octanol–water partition coefficient (Wildman–Crippen LogP) is 2.13. The number of sulfonamides is 1. The van der Waals surface area contributed by atoms with E-state index in [4.69, 9.17) is 4.74 Å². The van der Waals surface area contributed by atoms with Gasteiger partial charge >= 0.3 is 5.97 Å². The largest absolute Gasteiger partial charge is 0.458 e. The third-order valence-electron chi connectivity index (χ3n) is 10.5. The minimum atomic E-state index is -3.23. The lowest BCUT2D eigenvalue weighted by molar-refractivity contribution is -0.242. The Balaban J connectivity index is 1.43. The molecular weight excluding hydrogens is 430 g/mol. The number of nitrogens with one attached hydrogen (secondary N) is 1. The summed E-state index contributed by atoms with van der Waals surface area (Å²) in [4.78, 5) is 11.7. The van der Waals surface area contributed by atoms with Crippen LogP contribution >= 0.6 is 0 Å². The van der Waals surface area contributed by atoms with Gasteiger partial charge in [-0.15, -0.1) is 0 Å². The number of rotatable bonds is 3. The highest BCUT2D eigenvalue weighted by molar-refractivity contribution is 7.88. The van der Waals surface area contributed by atoms with Gasteiger partial charge in [-0.1, -0.05) is 13.8 Å². The third-order valence-corrected chi connectivity index (χ3v) is 11.2. The Morgan fingerprint density at radius 3 is 2.50 bits per heavy atom. The van der Waals surface area contributed by atoms with Gasteiger partial charge in [0.15, 0.2) is 0 Å². The van der Waals surface area contributed by atoms with E-state index in [1.54, 1.807) is 6.08 Å². The third kappa shape index (κ3) is 3.16. The van der Waals surface area contributed by atoms with Crippen molar-refractivity contribution in [2.75, 3.05) is 12.9 Å². The number of carbonyl (C=O) groups excluding carboxylic acids is 1. The molecule has 0 saturated heterocycles. The minimum Gasteiger partial charge on any atom is -0.458 e. The van der Waals surface area contributed by atoms with E-state index in [2.05, 4.69) is 11.6 Å². The quantitative estimate of drug-likeness (QED) is 0.548. The summed E-state index contributed by atoms with van der Waals surface area (Å²) >= 11 is 0. The Bertz CT molecular complexity index is 948. The first kappa shape index (κ1) is 22.8. The van der Waals surface area contributed by atoms with Crippen LogP contribution in [0.4, 0.5) is 0 Å². The summed E-state index contributed by atoms with van der Waals surface area (Å²) in [5.41, 5.74) is -0.757. The number of fused-ring (bicyclic) bond motifs is 5. The van der Waals surface area contributed by atoms with Gasteiger partial charge in [0.25, 0.3) is 0 Å². The van der Waals surface area contributed by atoms with E-state index in [0.717, 1.165) is 44.1 Å². The average Bonchev–Trinajstić information content (AvgIpc) is 3.24. The Hall–Kier alpha value is -0.960. The molecule has 1 aliphatic heterocycles. The van der Waals surface area contributed by atoms with Crippen LogP contribution in [0.5, 0.6) is 0 Å². The molecular formula is C24H37NO6S. The van der Waals surface area contributed by atoms with Crippen LogP contribution in [0.2, 0.25) is 0 Å². The molecule has 8 heteroatoms. The van der Waals surface area contributed by atoms with Crippen LogP contribution in [0.25, 0.3) is 0 Å². The summed E-state index contributed by atoms with van der Waals surface area (Å²) in [7, 11) is -3.23. The first-order valence-electron chi connectivity index (χ1n) is 12.1. The van der Waals surface area contributed by atoms with Crippen LogP contribution in [-0.4, -0.2) is 55.2 Å². The molecule has 32 heavy (non-hydrogen) atoms. The van der Waals surface area contributed by atoms with Gasteiger partial charge in [-0.25, -0.2) is 17.9 Å². The van der Waals surface area contributed by atoms with Crippen molar-refractivity contribution < 1.29 is 28.2 Å². The molecule has 1 heterocycles. The number of hydrogen-bond acceptors (Lipinski definition) is 6. The van der Waals surface area contributed by atoms with Crippen LogP contribution in [-0.2, 0) is 19.6 Å². The molecule has 3 N–H and O–H groups in total. The van der Waals surface area contributed by atoms with Crippen molar-refractivity contribution in [2.24, 2.45) is 34.5 Å². The van der Waals surface area contributed by atoms with Gasteiger partial charge in [0.1, 0.15) is 6.61 Å². The molecule has 0 aromatic carbocycles. The number of hydrogen-bond donors (Lipinski definition) is 3. The molecule has 180 valence electrons. The van der Waals surface area contributed by atoms with Crippen LogP contribution in [0, 0.1) is 34.5 Å². The summed E-state index contributed by atoms with van der Waals surface area (Å²) in [6, 6.07) is -0.0239. The Morgan fingerprint density at radius 1 is 1.09 bits per heavy atom. The van der Waals surface area contributed by atoms with E-state index in [1.807, 2.05) is 6.92 Å². The number of esters is 1. The molecule has 9 atom stereocenters. The van der Waals surface area contributed by atoms with Crippen molar-refractivity contribution in [2.45, 2.75) is 83.0 Å². The molecule has 0 bridgehead atoms. The fraction of sp³-hybridized carbons (Fsp3) is 0.875. The summed E-state index contributed by atoms with van der Waals surface area (Å²) in [5.74, 6) is 0.338. The number of aliphatic hydroxyl groups excluding tert-OH is 1. The van der Waals surface area contributed by atoms with E-state index in [9.17, 15) is 23.4 Å². The minimum absolute atomic E-state index is 0.0135. The standard InChI is InChI=1S/C24H37NO6S/c1-22-8-6-16(25-32(3,29)30)11-15(22)4-5-18-19(22)12-20(26)23(2)17(7-9-24(18,23)28)14-10-21(27)31-13-14/h10,15-20,25-26,28H,4-9,11-13H2,1-3H3/t15-,16+,17-,18-,19+,20-,22+,23+,24+/m1/s1. The molecule has 5 rings (SSSR count). The highest BCUT2D eigenvalue weighted by atomic mass is 32.2. The second-order valence-electron chi connectivity index (χ2n) is 11.7. The monoisotopic (exact) mass is 467 g/mol. The average molecular weight is 468 g/mol. The second-order valence-corrected chi connectivity index (χ2v) is 13.5. The van der Waals surface area contributed by atoms with E-state index in [-0.39, 0.29) is 41.8 Å². The highest BCUT2D eigenvalue weighted by Crippen LogP contribution is 2.69. The summed E-state index contributed by atoms with van der Waals surface area (Å²) in [5, 5.41) is 23.8. The highest BCUT2D eigenvalue weighted by Gasteiger charge is 2.70. The molecule has 4 fully saturated rings. The first-order chi connectivity index (χ1) is 14.9. The normalized spacial score (nSPS) is 50.8. The van der Waals surface area contributed by atoms with Crippen molar-refractivity contribution in [1.29, 1.82) is 0 Å². The molecule has 0 amide bonds. The second kappa shape index (κ2) is 7.27. The van der Waals surface area contributed by atoms with Gasteiger partial charge in [-0.3, -0.25) is 0 Å². The van der Waals surface area contributed by atoms with Gasteiger partial charge in [0, 0.05) is 17.5 Å². The molecule has 0 spiro atoms. The summed E-state index contributed by atoms with van der Waals surface area (Å²) in [6.45, 7) is 4.60. The molecule has 0 aromatic rings. The number of ether oxygens (including phenoxy) is 1. The first-order valence-corrected chi connectivity index (χ1v) is 14.0. The number of cyclic esters (lactones) is 1. The van der Waals surface area contributed by atoms with Crippen molar-refractivity contribution in [3.8, 4) is 0 Å². The van der Waals surface area contributed by atoms with Crippen molar-refractivity contribution >= 4 is 16.0 Å². The predicted molar refractivity (Wildman–Crippen MR) is 119 cm³/mol. The lowest BCUT2D eigenvalue weighted by Crippen LogP contribution is -2.67. The maximum atomic E-state index is 12.2. The zero-order valence-corrected chi connectivity index (χ0v) is 20.2. The zero-order chi connectivity index (χ0) is 23.1. The van der Waals surface area contributed by atoms with Gasteiger partial charge < -0.3 is 14.9 Å². The molecule has 0 radical (unpaired) electrons. The van der Waals surface area contributed by atoms with Crippen LogP contribution < -0.4 is 4.72 Å². The van der Waals surface area contributed by atoms with Crippen LogP contribution in [0.15, 0.2) is 11.6 Å². The summed E-state index contributed by atoms with van der Waals surface area (Å²) < 4.78 is 31.5. The molecule has 0 unspecified atom stereocenters. The van der Waals surface area contributed by atoms with E-state index >= 15 is 0 Å². The van der Waals surface area contributed by atoms with Crippen LogP contribution in [0.1, 0.15) is 65.2 Å². The van der Waals surface area contributed by atoms with Gasteiger partial charge in [-0.05, 0) is 86.0 Å². The lowest BCUT2D eigenvalue weighted by atomic mass is 9.42. The van der Waals surface area contributed by atoms with Crippen molar-refractivity contribution in [1.82, 2.24) is 4.72 Å². The molecule has 5 aliphatic rings. The summed E-state index contributed by atoms with van der Waals surface area (Å²) in [6.07, 6.45) is 8.58. The zero-order valence-electron chi connectivity index (χ0n) is 19.3. The van der Waals surface area contributed by atoms with E-state index < -0.39 is 27.1 Å². The smallest absolute Gasteiger partial charge is 0.331 e. The Kier molecular flexibility index (Phi) is 5.18. The lowest BCUT2D eigenvalue weighted by Gasteiger charge is -2.65. The fourth-order valence-corrected chi connectivity index (χ4v) is 9.62. The molecule has 7 nitrogen and oxygen atoms in total. The Morgan fingerprint density at radius 2 is 1.84 bits per heavy atom. The van der Waals surface area contributed by atoms with Crippen LogP contribution in [0.3, 0.4) is 0 Å². The maximum Gasteiger partial charge on any atom is 0.331 e. The number of carbonyl (C=O) groups is 1. The van der Waals surface area contributed by atoms with E-state index in [0.29, 0.717) is 18.8 Å². The van der Waals surface area contributed by atoms with Gasteiger partial charge in [0.05, 0.1) is 18.0 Å².